The van der Waals surface area contributed by atoms with Crippen LogP contribution in [0.15, 0.2) is 35.7 Å². The summed E-state index contributed by atoms with van der Waals surface area (Å²) in [6, 6.07) is 11.2. The Balaban J connectivity index is 2.14. The number of thiophene rings is 1. The zero-order valence-corrected chi connectivity index (χ0v) is 12.5. The molecule has 1 heterocycles. The first-order valence-corrected chi connectivity index (χ1v) is 7.76. The number of benzene rings is 1. The Labute approximate surface area is 119 Å². The molecule has 0 bridgehead atoms. The molecule has 0 aliphatic carbocycles. The summed E-state index contributed by atoms with van der Waals surface area (Å²) in [5.74, 6) is 5.75. The lowest BCUT2D eigenvalue weighted by Crippen LogP contribution is -2.29. The van der Waals surface area contributed by atoms with E-state index in [0.29, 0.717) is 0 Å². The van der Waals surface area contributed by atoms with Gasteiger partial charge in [0.15, 0.2) is 0 Å². The van der Waals surface area contributed by atoms with E-state index >= 15 is 0 Å². The van der Waals surface area contributed by atoms with E-state index in [1.54, 1.807) is 11.3 Å². The van der Waals surface area contributed by atoms with Gasteiger partial charge in [-0.3, -0.25) is 11.3 Å². The van der Waals surface area contributed by atoms with Crippen molar-refractivity contribution in [3.63, 3.8) is 0 Å². The van der Waals surface area contributed by atoms with Crippen LogP contribution in [0, 0.1) is 0 Å². The van der Waals surface area contributed by atoms with Crippen LogP contribution in [-0.4, -0.2) is 0 Å². The number of aryl methyl sites for hydroxylation is 2. The molecule has 1 aromatic heterocycles. The maximum Gasteiger partial charge on any atom is 0.0596 e. The summed E-state index contributed by atoms with van der Waals surface area (Å²) in [7, 11) is 0. The van der Waals surface area contributed by atoms with Crippen molar-refractivity contribution in [2.45, 2.75) is 39.2 Å². The van der Waals surface area contributed by atoms with E-state index < -0.39 is 0 Å². The average molecular weight is 274 g/mol. The van der Waals surface area contributed by atoms with Crippen molar-refractivity contribution in [1.82, 2.24) is 5.43 Å². The van der Waals surface area contributed by atoms with Gasteiger partial charge >= 0.3 is 0 Å². The van der Waals surface area contributed by atoms with Crippen molar-refractivity contribution < 1.29 is 0 Å². The van der Waals surface area contributed by atoms with Gasteiger partial charge in [-0.2, -0.15) is 0 Å². The molecule has 0 saturated heterocycles. The Morgan fingerprint density at radius 1 is 1.05 bits per heavy atom. The molecule has 1 unspecified atom stereocenters. The molecule has 2 aromatic rings. The summed E-state index contributed by atoms with van der Waals surface area (Å²) < 4.78 is 0. The quantitative estimate of drug-likeness (QED) is 0.623. The molecule has 1 atom stereocenters. The van der Waals surface area contributed by atoms with Crippen molar-refractivity contribution in [3.8, 4) is 0 Å². The van der Waals surface area contributed by atoms with E-state index in [2.05, 4.69) is 55.0 Å². The van der Waals surface area contributed by atoms with Gasteiger partial charge in [-0.1, -0.05) is 38.1 Å². The highest BCUT2D eigenvalue weighted by Crippen LogP contribution is 2.27. The molecule has 102 valence electrons. The smallest absolute Gasteiger partial charge is 0.0596 e. The Hall–Kier alpha value is -1.16. The molecule has 3 heteroatoms. The molecule has 19 heavy (non-hydrogen) atoms. The van der Waals surface area contributed by atoms with Crippen LogP contribution in [0.5, 0.6) is 0 Å². The first-order valence-electron chi connectivity index (χ1n) is 6.88. The Morgan fingerprint density at radius 3 is 2.32 bits per heavy atom. The largest absolute Gasteiger partial charge is 0.271 e. The van der Waals surface area contributed by atoms with Crippen LogP contribution in [0.2, 0.25) is 0 Å². The zero-order valence-electron chi connectivity index (χ0n) is 11.6. The predicted molar refractivity (Wildman–Crippen MR) is 83.3 cm³/mol. The van der Waals surface area contributed by atoms with E-state index in [0.717, 1.165) is 19.3 Å². The SMILES string of the molecule is CCc1ccc(CC(NN)c2sccc2CC)cc1. The summed E-state index contributed by atoms with van der Waals surface area (Å²) >= 11 is 1.79. The van der Waals surface area contributed by atoms with Gasteiger partial charge in [0.05, 0.1) is 6.04 Å². The van der Waals surface area contributed by atoms with Crippen molar-refractivity contribution in [3.05, 3.63) is 57.3 Å². The highest BCUT2D eigenvalue weighted by molar-refractivity contribution is 7.10. The second-order valence-corrected chi connectivity index (χ2v) is 5.70. The Bertz CT molecular complexity index is 502. The molecular formula is C16H22N2S. The normalized spacial score (nSPS) is 12.6. The van der Waals surface area contributed by atoms with E-state index in [4.69, 9.17) is 5.84 Å². The number of hydrogen-bond acceptors (Lipinski definition) is 3. The monoisotopic (exact) mass is 274 g/mol. The number of nitrogens with one attached hydrogen (secondary N) is 1. The fraction of sp³-hybridized carbons (Fsp3) is 0.375. The van der Waals surface area contributed by atoms with Gasteiger partial charge in [-0.15, -0.1) is 11.3 Å². The number of nitrogens with two attached hydrogens (primary N) is 1. The Morgan fingerprint density at radius 2 is 1.74 bits per heavy atom. The molecule has 0 spiro atoms. The van der Waals surface area contributed by atoms with Crippen molar-refractivity contribution in [2.75, 3.05) is 0 Å². The van der Waals surface area contributed by atoms with Gasteiger partial charge in [0.1, 0.15) is 0 Å². The van der Waals surface area contributed by atoms with Gasteiger partial charge < -0.3 is 0 Å². The summed E-state index contributed by atoms with van der Waals surface area (Å²) in [5.41, 5.74) is 7.08. The van der Waals surface area contributed by atoms with Crippen molar-refractivity contribution in [2.24, 2.45) is 5.84 Å². The molecule has 2 rings (SSSR count). The van der Waals surface area contributed by atoms with Crippen LogP contribution >= 0.6 is 11.3 Å². The van der Waals surface area contributed by atoms with Gasteiger partial charge in [-0.05, 0) is 47.4 Å². The van der Waals surface area contributed by atoms with Crippen LogP contribution in [-0.2, 0) is 19.3 Å². The predicted octanol–water partition coefficient (Wildman–Crippen LogP) is 3.62. The minimum absolute atomic E-state index is 0.211. The molecular weight excluding hydrogens is 252 g/mol. The molecule has 0 aliphatic heterocycles. The minimum Gasteiger partial charge on any atom is -0.271 e. The third-order valence-electron chi connectivity index (χ3n) is 3.55. The number of hydrogen-bond donors (Lipinski definition) is 2. The highest BCUT2D eigenvalue weighted by atomic mass is 32.1. The molecule has 0 aliphatic rings. The molecule has 0 saturated carbocycles. The fourth-order valence-electron chi connectivity index (χ4n) is 2.32. The molecule has 1 aromatic carbocycles. The van der Waals surface area contributed by atoms with Crippen LogP contribution in [0.4, 0.5) is 0 Å². The molecule has 2 nitrogen and oxygen atoms in total. The Kier molecular flexibility index (Phi) is 5.14. The summed E-state index contributed by atoms with van der Waals surface area (Å²) in [6.07, 6.45) is 3.09. The molecule has 0 fully saturated rings. The first kappa shape index (κ1) is 14.3. The standard InChI is InChI=1S/C16H22N2S/c1-3-12-5-7-13(8-6-12)11-15(18-17)16-14(4-2)9-10-19-16/h5-10,15,18H,3-4,11,17H2,1-2H3. The summed E-state index contributed by atoms with van der Waals surface area (Å²) in [4.78, 5) is 1.37. The van der Waals surface area contributed by atoms with E-state index in [1.165, 1.54) is 21.6 Å². The summed E-state index contributed by atoms with van der Waals surface area (Å²) in [6.45, 7) is 4.37. The third-order valence-corrected chi connectivity index (χ3v) is 4.62. The van der Waals surface area contributed by atoms with Crippen molar-refractivity contribution in [1.29, 1.82) is 0 Å². The lowest BCUT2D eigenvalue weighted by Gasteiger charge is -2.16. The van der Waals surface area contributed by atoms with Crippen LogP contribution in [0.3, 0.4) is 0 Å². The van der Waals surface area contributed by atoms with E-state index in [-0.39, 0.29) is 6.04 Å². The second kappa shape index (κ2) is 6.85. The second-order valence-electron chi connectivity index (χ2n) is 4.76. The molecule has 0 radical (unpaired) electrons. The summed E-state index contributed by atoms with van der Waals surface area (Å²) in [5, 5.41) is 2.15. The molecule has 0 amide bonds. The third kappa shape index (κ3) is 3.44. The lowest BCUT2D eigenvalue weighted by atomic mass is 10.0. The minimum atomic E-state index is 0.211. The maximum atomic E-state index is 5.75. The number of rotatable bonds is 6. The van der Waals surface area contributed by atoms with Gasteiger partial charge in [-0.25, -0.2) is 0 Å². The zero-order chi connectivity index (χ0) is 13.7. The van der Waals surface area contributed by atoms with Crippen LogP contribution in [0.25, 0.3) is 0 Å². The van der Waals surface area contributed by atoms with Gasteiger partial charge in [0, 0.05) is 4.88 Å². The number of hydrazine groups is 1. The average Bonchev–Trinajstić information content (AvgIpc) is 2.93. The topological polar surface area (TPSA) is 38.0 Å². The van der Waals surface area contributed by atoms with Gasteiger partial charge in [0.25, 0.3) is 0 Å². The van der Waals surface area contributed by atoms with E-state index in [1.807, 2.05) is 0 Å². The fourth-order valence-corrected chi connectivity index (χ4v) is 3.38. The van der Waals surface area contributed by atoms with Crippen LogP contribution < -0.4 is 11.3 Å². The lowest BCUT2D eigenvalue weighted by molar-refractivity contribution is 0.557. The first-order chi connectivity index (χ1) is 9.28. The highest BCUT2D eigenvalue weighted by Gasteiger charge is 2.15. The maximum absolute atomic E-state index is 5.75. The van der Waals surface area contributed by atoms with Crippen molar-refractivity contribution >= 4 is 11.3 Å². The van der Waals surface area contributed by atoms with Gasteiger partial charge in [0.2, 0.25) is 0 Å². The van der Waals surface area contributed by atoms with Crippen LogP contribution in [0.1, 0.15) is 41.5 Å². The molecule has 3 N–H and O–H groups in total. The van der Waals surface area contributed by atoms with E-state index in [9.17, 15) is 0 Å².